The lowest BCUT2D eigenvalue weighted by Crippen LogP contribution is -2.20. The first-order valence-corrected chi connectivity index (χ1v) is 6.09. The van der Waals surface area contributed by atoms with Gasteiger partial charge in [0.05, 0.1) is 5.41 Å². The van der Waals surface area contributed by atoms with Crippen LogP contribution in [0.15, 0.2) is 24.3 Å². The molecule has 0 saturated heterocycles. The quantitative estimate of drug-likeness (QED) is 0.911. The van der Waals surface area contributed by atoms with Crippen molar-refractivity contribution in [3.05, 3.63) is 41.5 Å². The topological polar surface area (TPSA) is 37.8 Å². The summed E-state index contributed by atoms with van der Waals surface area (Å²) in [5.74, 6) is 0.519. The van der Waals surface area contributed by atoms with Gasteiger partial charge in [-0.3, -0.25) is 0 Å². The fourth-order valence-electron chi connectivity index (χ4n) is 1.57. The normalized spacial score (nSPS) is 11.5. The molecule has 1 aromatic carbocycles. The molecule has 0 spiro atoms. The second kappa shape index (κ2) is 4.41. The van der Waals surface area contributed by atoms with Gasteiger partial charge in [0.15, 0.2) is 5.82 Å². The Labute approximate surface area is 104 Å². The van der Waals surface area contributed by atoms with Crippen molar-refractivity contribution >= 4 is 16.7 Å². The van der Waals surface area contributed by atoms with Crippen LogP contribution in [0.2, 0.25) is 0 Å². The van der Waals surface area contributed by atoms with Crippen molar-refractivity contribution in [1.82, 2.24) is 9.36 Å². The molecule has 17 heavy (non-hydrogen) atoms. The highest BCUT2D eigenvalue weighted by atomic mass is 32.1. The number of nitrogens with zero attached hydrogens (tertiary/aromatic N) is 2. The smallest absolute Gasteiger partial charge is 0.202 e. The maximum Gasteiger partial charge on any atom is 0.202 e. The monoisotopic (exact) mass is 251 g/mol. The molecule has 2 aromatic rings. The maximum absolute atomic E-state index is 12.9. The van der Waals surface area contributed by atoms with Gasteiger partial charge in [0.2, 0.25) is 5.13 Å². The van der Waals surface area contributed by atoms with Gasteiger partial charge in [-0.15, -0.1) is 0 Å². The van der Waals surface area contributed by atoms with Crippen LogP contribution >= 0.6 is 11.5 Å². The summed E-state index contributed by atoms with van der Waals surface area (Å²) in [7, 11) is 1.81. The Balaban J connectivity index is 2.37. The van der Waals surface area contributed by atoms with Crippen LogP contribution in [0, 0.1) is 5.82 Å². The van der Waals surface area contributed by atoms with Gasteiger partial charge in [0.25, 0.3) is 0 Å². The minimum Gasteiger partial charge on any atom is -0.363 e. The molecule has 0 amide bonds. The number of nitrogens with one attached hydrogen (secondary N) is 1. The summed E-state index contributed by atoms with van der Waals surface area (Å²) in [6.07, 6.45) is 0. The van der Waals surface area contributed by atoms with Crippen LogP contribution in [0.25, 0.3) is 0 Å². The zero-order valence-electron chi connectivity index (χ0n) is 9.99. The second-order valence-electron chi connectivity index (χ2n) is 4.31. The molecule has 0 atom stereocenters. The predicted molar refractivity (Wildman–Crippen MR) is 68.0 cm³/mol. The highest BCUT2D eigenvalue weighted by molar-refractivity contribution is 7.09. The molecule has 3 nitrogen and oxygen atoms in total. The summed E-state index contributed by atoms with van der Waals surface area (Å²) >= 11 is 1.33. The first kappa shape index (κ1) is 12.0. The van der Waals surface area contributed by atoms with Crippen molar-refractivity contribution in [2.24, 2.45) is 0 Å². The van der Waals surface area contributed by atoms with Crippen LogP contribution in [0.4, 0.5) is 9.52 Å². The fourth-order valence-corrected chi connectivity index (χ4v) is 2.24. The van der Waals surface area contributed by atoms with Gasteiger partial charge < -0.3 is 5.32 Å². The molecule has 1 N–H and O–H groups in total. The van der Waals surface area contributed by atoms with E-state index in [9.17, 15) is 4.39 Å². The molecule has 2 rings (SSSR count). The van der Waals surface area contributed by atoms with Gasteiger partial charge in [0.1, 0.15) is 5.82 Å². The minimum absolute atomic E-state index is 0.230. The van der Waals surface area contributed by atoms with E-state index in [2.05, 4.69) is 14.7 Å². The van der Waals surface area contributed by atoms with Crippen LogP contribution in [0.3, 0.4) is 0 Å². The van der Waals surface area contributed by atoms with Crippen molar-refractivity contribution in [3.8, 4) is 0 Å². The average Bonchev–Trinajstić information content (AvgIpc) is 2.78. The molecule has 0 aliphatic rings. The summed E-state index contributed by atoms with van der Waals surface area (Å²) in [6, 6.07) is 6.47. The number of aromatic nitrogens is 2. The molecule has 0 aliphatic heterocycles. The Morgan fingerprint density at radius 1 is 1.24 bits per heavy atom. The second-order valence-corrected chi connectivity index (χ2v) is 5.06. The van der Waals surface area contributed by atoms with Crippen molar-refractivity contribution in [2.45, 2.75) is 19.3 Å². The third-order valence-corrected chi connectivity index (χ3v) is 3.50. The Morgan fingerprint density at radius 3 is 2.41 bits per heavy atom. The molecule has 0 radical (unpaired) electrons. The van der Waals surface area contributed by atoms with Crippen molar-refractivity contribution in [3.63, 3.8) is 0 Å². The molecule has 0 bridgehead atoms. The highest BCUT2D eigenvalue weighted by Gasteiger charge is 2.27. The number of benzene rings is 1. The molecule has 0 fully saturated rings. The molecule has 1 aromatic heterocycles. The maximum atomic E-state index is 12.9. The average molecular weight is 251 g/mol. The third-order valence-electron chi connectivity index (χ3n) is 2.76. The lowest BCUT2D eigenvalue weighted by atomic mass is 9.84. The van der Waals surface area contributed by atoms with E-state index in [0.717, 1.165) is 16.5 Å². The van der Waals surface area contributed by atoms with E-state index in [1.54, 1.807) is 12.1 Å². The van der Waals surface area contributed by atoms with E-state index in [-0.39, 0.29) is 11.2 Å². The summed E-state index contributed by atoms with van der Waals surface area (Å²) in [5, 5.41) is 3.75. The first-order chi connectivity index (χ1) is 8.04. The largest absolute Gasteiger partial charge is 0.363 e. The Kier molecular flexibility index (Phi) is 3.11. The SMILES string of the molecule is CNc1nc(C(C)(C)c2ccc(F)cc2)ns1. The Hall–Kier alpha value is -1.49. The van der Waals surface area contributed by atoms with Crippen molar-refractivity contribution in [1.29, 1.82) is 0 Å². The summed E-state index contributed by atoms with van der Waals surface area (Å²) in [4.78, 5) is 4.40. The van der Waals surface area contributed by atoms with E-state index in [1.807, 2.05) is 20.9 Å². The van der Waals surface area contributed by atoms with Crippen molar-refractivity contribution in [2.75, 3.05) is 12.4 Å². The predicted octanol–water partition coefficient (Wildman–Crippen LogP) is 3.04. The number of halogens is 1. The third kappa shape index (κ3) is 2.29. The van der Waals surface area contributed by atoms with Crippen LogP contribution in [0.1, 0.15) is 25.2 Å². The fraction of sp³-hybridized carbons (Fsp3) is 0.333. The van der Waals surface area contributed by atoms with Crippen LogP contribution in [-0.4, -0.2) is 16.4 Å². The molecule has 0 saturated carbocycles. The first-order valence-electron chi connectivity index (χ1n) is 5.32. The van der Waals surface area contributed by atoms with E-state index in [0.29, 0.717) is 0 Å². The molecule has 90 valence electrons. The molecule has 0 unspecified atom stereocenters. The van der Waals surface area contributed by atoms with Gasteiger partial charge in [-0.1, -0.05) is 12.1 Å². The molecule has 5 heteroatoms. The zero-order valence-corrected chi connectivity index (χ0v) is 10.8. The molecular weight excluding hydrogens is 237 g/mol. The van der Waals surface area contributed by atoms with Gasteiger partial charge in [0, 0.05) is 18.6 Å². The number of hydrogen-bond acceptors (Lipinski definition) is 4. The van der Waals surface area contributed by atoms with Crippen LogP contribution in [0.5, 0.6) is 0 Å². The summed E-state index contributed by atoms with van der Waals surface area (Å²) in [5.41, 5.74) is 0.679. The lowest BCUT2D eigenvalue weighted by Gasteiger charge is -2.21. The Morgan fingerprint density at radius 2 is 1.88 bits per heavy atom. The van der Waals surface area contributed by atoms with Gasteiger partial charge in [-0.05, 0) is 31.5 Å². The summed E-state index contributed by atoms with van der Waals surface area (Å²) < 4.78 is 17.2. The van der Waals surface area contributed by atoms with Crippen LogP contribution in [-0.2, 0) is 5.41 Å². The van der Waals surface area contributed by atoms with Crippen molar-refractivity contribution < 1.29 is 4.39 Å². The lowest BCUT2D eigenvalue weighted by molar-refractivity contribution is 0.592. The molecular formula is C12H14FN3S. The molecule has 1 heterocycles. The highest BCUT2D eigenvalue weighted by Crippen LogP contribution is 2.31. The number of hydrogen-bond donors (Lipinski definition) is 1. The van der Waals surface area contributed by atoms with E-state index in [1.165, 1.54) is 23.7 Å². The molecule has 0 aliphatic carbocycles. The minimum atomic E-state index is -0.320. The van der Waals surface area contributed by atoms with E-state index >= 15 is 0 Å². The standard InChI is InChI=1S/C12H14FN3S/c1-12(2,8-4-6-9(13)7-5-8)10-15-11(14-3)17-16-10/h4-7H,1-3H3,(H,14,15,16). The number of anilines is 1. The zero-order chi connectivity index (χ0) is 12.5. The van der Waals surface area contributed by atoms with E-state index < -0.39 is 0 Å². The van der Waals surface area contributed by atoms with Gasteiger partial charge in [-0.25, -0.2) is 9.37 Å². The number of rotatable bonds is 3. The van der Waals surface area contributed by atoms with Gasteiger partial charge >= 0.3 is 0 Å². The summed E-state index contributed by atoms with van der Waals surface area (Å²) in [6.45, 7) is 4.06. The Bertz CT molecular complexity index is 505. The van der Waals surface area contributed by atoms with E-state index in [4.69, 9.17) is 0 Å². The van der Waals surface area contributed by atoms with Gasteiger partial charge in [-0.2, -0.15) is 4.37 Å². The van der Waals surface area contributed by atoms with Crippen LogP contribution < -0.4 is 5.32 Å².